The van der Waals surface area contributed by atoms with Crippen LogP contribution in [0.3, 0.4) is 0 Å². The van der Waals surface area contributed by atoms with E-state index in [1.54, 1.807) is 14.2 Å². The number of rotatable bonds is 2. The topological polar surface area (TPSA) is 41.9 Å². The molecule has 1 spiro atoms. The third kappa shape index (κ3) is 2.12. The highest BCUT2D eigenvalue weighted by Crippen LogP contribution is 2.53. The Bertz CT molecular complexity index is 642. The van der Waals surface area contributed by atoms with Crippen molar-refractivity contribution in [1.29, 1.82) is 0 Å². The molecular formula is C19H25NO3. The number of phenols is 1. The van der Waals surface area contributed by atoms with E-state index >= 15 is 0 Å². The minimum atomic E-state index is -0.0367. The van der Waals surface area contributed by atoms with Crippen molar-refractivity contribution in [3.63, 3.8) is 0 Å². The molecule has 1 aromatic rings. The molecule has 0 saturated carbocycles. The normalized spacial score (nSPS) is 32.8. The van der Waals surface area contributed by atoms with Gasteiger partial charge in [0.2, 0.25) is 0 Å². The first-order chi connectivity index (χ1) is 11.2. The number of aromatic hydroxyl groups is 1. The number of hydrogen-bond acceptors (Lipinski definition) is 4. The van der Waals surface area contributed by atoms with Gasteiger partial charge in [-0.25, -0.2) is 0 Å². The summed E-state index contributed by atoms with van der Waals surface area (Å²) in [7, 11) is 3.40. The molecule has 3 atom stereocenters. The molecule has 0 amide bonds. The lowest BCUT2D eigenvalue weighted by Gasteiger charge is -2.45. The van der Waals surface area contributed by atoms with Gasteiger partial charge in [0.15, 0.2) is 11.5 Å². The Morgan fingerprint density at radius 3 is 2.87 bits per heavy atom. The minimum absolute atomic E-state index is 0.0367. The van der Waals surface area contributed by atoms with E-state index in [0.717, 1.165) is 32.4 Å². The number of methoxy groups -OCH3 is 2. The van der Waals surface area contributed by atoms with Crippen LogP contribution in [0.5, 0.6) is 11.5 Å². The number of aryl methyl sites for hydroxylation is 1. The number of nitrogens with zero attached hydrogens (tertiary/aromatic N) is 1. The van der Waals surface area contributed by atoms with Crippen LogP contribution in [0.4, 0.5) is 0 Å². The van der Waals surface area contributed by atoms with E-state index in [2.05, 4.69) is 17.1 Å². The Kier molecular flexibility index (Phi) is 3.62. The van der Waals surface area contributed by atoms with Crippen LogP contribution >= 0.6 is 0 Å². The van der Waals surface area contributed by atoms with E-state index in [0.29, 0.717) is 11.7 Å². The van der Waals surface area contributed by atoms with Crippen molar-refractivity contribution in [3.05, 3.63) is 35.4 Å². The largest absolute Gasteiger partial charge is 0.504 e. The molecule has 4 nitrogen and oxygen atoms in total. The molecule has 124 valence electrons. The number of fused-ring (bicyclic) bond motifs is 1. The van der Waals surface area contributed by atoms with E-state index in [1.807, 2.05) is 12.1 Å². The first kappa shape index (κ1) is 15.0. The smallest absolute Gasteiger partial charge is 0.160 e. The summed E-state index contributed by atoms with van der Waals surface area (Å²) in [6.45, 7) is 2.23. The summed E-state index contributed by atoms with van der Waals surface area (Å²) < 4.78 is 11.0. The van der Waals surface area contributed by atoms with Crippen molar-refractivity contribution in [3.8, 4) is 11.5 Å². The molecule has 2 aliphatic heterocycles. The van der Waals surface area contributed by atoms with Crippen molar-refractivity contribution >= 4 is 0 Å². The van der Waals surface area contributed by atoms with Gasteiger partial charge < -0.3 is 14.6 Å². The summed E-state index contributed by atoms with van der Waals surface area (Å²) in [6, 6.07) is 4.00. The number of hydrogen-bond donors (Lipinski definition) is 1. The van der Waals surface area contributed by atoms with Crippen LogP contribution in [-0.4, -0.2) is 43.4 Å². The summed E-state index contributed by atoms with van der Waals surface area (Å²) in [5.41, 5.74) is 2.56. The molecule has 1 fully saturated rings. The summed E-state index contributed by atoms with van der Waals surface area (Å²) in [4.78, 5) is 2.63. The molecule has 2 heterocycles. The second-order valence-corrected chi connectivity index (χ2v) is 6.95. The molecule has 0 unspecified atom stereocenters. The fourth-order valence-electron chi connectivity index (χ4n) is 4.93. The van der Waals surface area contributed by atoms with Gasteiger partial charge in [-0.3, -0.25) is 4.90 Å². The van der Waals surface area contributed by atoms with Crippen LogP contribution in [0.2, 0.25) is 0 Å². The van der Waals surface area contributed by atoms with Gasteiger partial charge in [-0.05, 0) is 55.6 Å². The van der Waals surface area contributed by atoms with Crippen molar-refractivity contribution in [2.24, 2.45) is 5.92 Å². The number of ether oxygens (including phenoxy) is 2. The molecule has 4 heteroatoms. The first-order valence-corrected chi connectivity index (χ1v) is 8.55. The second kappa shape index (κ2) is 5.53. The number of benzene rings is 1. The summed E-state index contributed by atoms with van der Waals surface area (Å²) in [5, 5.41) is 10.4. The lowest BCUT2D eigenvalue weighted by molar-refractivity contribution is 0.0286. The van der Waals surface area contributed by atoms with Gasteiger partial charge in [-0.15, -0.1) is 0 Å². The van der Waals surface area contributed by atoms with Gasteiger partial charge in [-0.1, -0.05) is 12.2 Å². The Labute approximate surface area is 137 Å². The molecule has 0 bridgehead atoms. The average molecular weight is 315 g/mol. The van der Waals surface area contributed by atoms with Gasteiger partial charge in [-0.2, -0.15) is 0 Å². The second-order valence-electron chi connectivity index (χ2n) is 6.95. The Morgan fingerprint density at radius 2 is 2.09 bits per heavy atom. The molecule has 3 aliphatic rings. The van der Waals surface area contributed by atoms with Crippen LogP contribution < -0.4 is 4.74 Å². The standard InChI is InChI=1S/C19H25NO3/c1-22-15-6-5-14-7-9-20-8-3-4-13-10-18(23-2)17(21)11-16(13)19(14,20)12-15/h5-6,10-11,14-15,21H,3-4,7-9,12H2,1-2H3/t14-,15-,19-/m0/s1. The fourth-order valence-corrected chi connectivity index (χ4v) is 4.93. The molecule has 0 radical (unpaired) electrons. The molecule has 1 saturated heterocycles. The molecule has 1 aliphatic carbocycles. The van der Waals surface area contributed by atoms with Crippen LogP contribution in [0, 0.1) is 5.92 Å². The zero-order valence-electron chi connectivity index (χ0n) is 13.9. The molecule has 1 N–H and O–H groups in total. The third-order valence-electron chi connectivity index (χ3n) is 6.01. The Balaban J connectivity index is 1.90. The zero-order valence-corrected chi connectivity index (χ0v) is 13.9. The average Bonchev–Trinajstić information content (AvgIpc) is 2.87. The van der Waals surface area contributed by atoms with E-state index in [4.69, 9.17) is 9.47 Å². The highest BCUT2D eigenvalue weighted by Gasteiger charge is 2.53. The van der Waals surface area contributed by atoms with E-state index in [9.17, 15) is 5.11 Å². The Hall–Kier alpha value is -1.52. The maximum atomic E-state index is 10.4. The molecule has 1 aromatic carbocycles. The number of phenolic OH excluding ortho intramolecular Hbond substituents is 1. The van der Waals surface area contributed by atoms with Gasteiger partial charge in [0, 0.05) is 19.4 Å². The van der Waals surface area contributed by atoms with E-state index < -0.39 is 0 Å². The van der Waals surface area contributed by atoms with Crippen molar-refractivity contribution < 1.29 is 14.6 Å². The highest BCUT2D eigenvalue weighted by molar-refractivity contribution is 5.51. The molecule has 23 heavy (non-hydrogen) atoms. The van der Waals surface area contributed by atoms with Crippen LogP contribution in [0.15, 0.2) is 24.3 Å². The maximum Gasteiger partial charge on any atom is 0.160 e. The Morgan fingerprint density at radius 1 is 1.22 bits per heavy atom. The lowest BCUT2D eigenvalue weighted by Crippen LogP contribution is -2.48. The fraction of sp³-hybridized carbons (Fsp3) is 0.579. The molecule has 4 rings (SSSR count). The van der Waals surface area contributed by atoms with E-state index in [1.165, 1.54) is 17.5 Å². The van der Waals surface area contributed by atoms with Crippen molar-refractivity contribution in [2.45, 2.75) is 37.3 Å². The van der Waals surface area contributed by atoms with Gasteiger partial charge in [0.25, 0.3) is 0 Å². The molecule has 0 aromatic heterocycles. The van der Waals surface area contributed by atoms with Crippen molar-refractivity contribution in [1.82, 2.24) is 4.90 Å². The first-order valence-electron chi connectivity index (χ1n) is 8.55. The maximum absolute atomic E-state index is 10.4. The van der Waals surface area contributed by atoms with Crippen LogP contribution in [-0.2, 0) is 16.7 Å². The predicted molar refractivity (Wildman–Crippen MR) is 88.9 cm³/mol. The van der Waals surface area contributed by atoms with Crippen LogP contribution in [0.25, 0.3) is 0 Å². The summed E-state index contributed by atoms with van der Waals surface area (Å²) in [5.74, 6) is 1.33. The zero-order chi connectivity index (χ0) is 16.0. The van der Waals surface area contributed by atoms with E-state index in [-0.39, 0.29) is 17.4 Å². The van der Waals surface area contributed by atoms with Gasteiger partial charge >= 0.3 is 0 Å². The summed E-state index contributed by atoms with van der Waals surface area (Å²) in [6.07, 6.45) is 9.03. The van der Waals surface area contributed by atoms with Crippen LogP contribution in [0.1, 0.15) is 30.4 Å². The lowest BCUT2D eigenvalue weighted by atomic mass is 9.70. The molecular weight excluding hydrogens is 290 g/mol. The third-order valence-corrected chi connectivity index (χ3v) is 6.01. The van der Waals surface area contributed by atoms with Gasteiger partial charge in [0.1, 0.15) is 0 Å². The summed E-state index contributed by atoms with van der Waals surface area (Å²) >= 11 is 0. The van der Waals surface area contributed by atoms with Crippen molar-refractivity contribution in [2.75, 3.05) is 27.3 Å². The van der Waals surface area contributed by atoms with Gasteiger partial charge in [0.05, 0.1) is 18.8 Å². The quantitative estimate of drug-likeness (QED) is 0.852. The SMILES string of the molecule is COc1cc2c(cc1O)[C@]13C[C@@H](OC)C=C[C@H]1CCN3CCC2. The predicted octanol–water partition coefficient (Wildman–Crippen LogP) is 2.84. The monoisotopic (exact) mass is 315 g/mol. The highest BCUT2D eigenvalue weighted by atomic mass is 16.5. The minimum Gasteiger partial charge on any atom is -0.504 e.